The van der Waals surface area contributed by atoms with E-state index in [-0.39, 0.29) is 18.4 Å². The van der Waals surface area contributed by atoms with Gasteiger partial charge in [0.25, 0.3) is 5.91 Å². The van der Waals surface area contributed by atoms with Gasteiger partial charge in [-0.3, -0.25) is 9.59 Å². The number of hydrogen-bond acceptors (Lipinski definition) is 4. The fraction of sp³-hybridized carbons (Fsp3) is 0.364. The Morgan fingerprint density at radius 2 is 1.71 bits per heavy atom. The van der Waals surface area contributed by atoms with Crippen LogP contribution in [0.3, 0.4) is 0 Å². The largest absolute Gasteiger partial charge is 0.494 e. The van der Waals surface area contributed by atoms with Gasteiger partial charge in [-0.05, 0) is 55.3 Å². The van der Waals surface area contributed by atoms with Crippen LogP contribution in [0.15, 0.2) is 48.5 Å². The first-order chi connectivity index (χ1) is 13.6. The molecule has 0 saturated carbocycles. The van der Waals surface area contributed by atoms with E-state index in [1.54, 1.807) is 24.3 Å². The molecule has 2 rings (SSSR count). The number of unbranched alkanes of at least 4 members (excludes halogenated alkanes) is 1. The molecule has 0 heterocycles. The van der Waals surface area contributed by atoms with Crippen molar-refractivity contribution in [3.63, 3.8) is 0 Å². The summed E-state index contributed by atoms with van der Waals surface area (Å²) in [6, 6.07) is 14.4. The van der Waals surface area contributed by atoms with E-state index in [1.165, 1.54) is 0 Å². The summed E-state index contributed by atoms with van der Waals surface area (Å²) < 4.78 is 11.0. The Hall–Kier alpha value is -3.02. The fourth-order valence-corrected chi connectivity index (χ4v) is 2.47. The second-order valence-corrected chi connectivity index (χ2v) is 6.27. The van der Waals surface area contributed by atoms with Gasteiger partial charge in [0.2, 0.25) is 5.91 Å². The summed E-state index contributed by atoms with van der Waals surface area (Å²) in [6.45, 7) is 5.56. The van der Waals surface area contributed by atoms with Crippen LogP contribution in [0.25, 0.3) is 0 Å². The van der Waals surface area contributed by atoms with Gasteiger partial charge in [0.15, 0.2) is 0 Å². The fourth-order valence-electron chi connectivity index (χ4n) is 2.47. The molecule has 0 aliphatic rings. The highest BCUT2D eigenvalue weighted by Gasteiger charge is 2.08. The van der Waals surface area contributed by atoms with Crippen LogP contribution in [0, 0.1) is 0 Å². The van der Waals surface area contributed by atoms with E-state index in [4.69, 9.17) is 9.47 Å². The summed E-state index contributed by atoms with van der Waals surface area (Å²) in [5, 5.41) is 5.41. The third kappa shape index (κ3) is 7.31. The molecule has 0 unspecified atom stereocenters. The number of hydrogen-bond donors (Lipinski definition) is 2. The lowest BCUT2D eigenvalue weighted by Gasteiger charge is -2.10. The minimum atomic E-state index is -0.301. The minimum Gasteiger partial charge on any atom is -0.494 e. The van der Waals surface area contributed by atoms with Crippen molar-refractivity contribution in [2.24, 2.45) is 0 Å². The van der Waals surface area contributed by atoms with Crippen LogP contribution in [0.4, 0.5) is 0 Å². The molecule has 2 N–H and O–H groups in total. The first kappa shape index (κ1) is 21.3. The molecule has 0 aliphatic carbocycles. The predicted octanol–water partition coefficient (Wildman–Crippen LogP) is 3.31. The molecule has 0 aromatic heterocycles. The topological polar surface area (TPSA) is 76.7 Å². The van der Waals surface area contributed by atoms with Crippen molar-refractivity contribution in [3.05, 3.63) is 59.7 Å². The highest BCUT2D eigenvalue weighted by atomic mass is 16.5. The number of nitrogens with one attached hydrogen (secondary N) is 2. The predicted molar refractivity (Wildman–Crippen MR) is 109 cm³/mol. The van der Waals surface area contributed by atoms with E-state index in [1.807, 2.05) is 31.2 Å². The van der Waals surface area contributed by atoms with Gasteiger partial charge >= 0.3 is 0 Å². The second-order valence-electron chi connectivity index (χ2n) is 6.27. The molecule has 0 spiro atoms. The van der Waals surface area contributed by atoms with Crippen LogP contribution in [-0.4, -0.2) is 31.6 Å². The number of ether oxygens (including phenoxy) is 2. The molecule has 6 heteroatoms. The van der Waals surface area contributed by atoms with Crippen LogP contribution in [-0.2, 0) is 11.3 Å². The van der Waals surface area contributed by atoms with Gasteiger partial charge in [0.05, 0.1) is 19.8 Å². The van der Waals surface area contributed by atoms with Crippen LogP contribution in [0.2, 0.25) is 0 Å². The Morgan fingerprint density at radius 1 is 0.929 bits per heavy atom. The Labute approximate surface area is 166 Å². The van der Waals surface area contributed by atoms with Crippen molar-refractivity contribution in [1.82, 2.24) is 10.6 Å². The quantitative estimate of drug-likeness (QED) is 0.583. The molecule has 150 valence electrons. The van der Waals surface area contributed by atoms with Gasteiger partial charge in [-0.25, -0.2) is 0 Å². The first-order valence-corrected chi connectivity index (χ1v) is 9.62. The minimum absolute atomic E-state index is 0.0846. The molecule has 0 atom stereocenters. The molecule has 0 fully saturated rings. The van der Waals surface area contributed by atoms with E-state index in [0.717, 1.165) is 24.2 Å². The molecular formula is C22H28N2O4. The van der Waals surface area contributed by atoms with E-state index in [9.17, 15) is 9.59 Å². The van der Waals surface area contributed by atoms with Gasteiger partial charge in [-0.2, -0.15) is 0 Å². The molecule has 0 aliphatic heterocycles. The third-order valence-corrected chi connectivity index (χ3v) is 3.99. The molecule has 0 saturated heterocycles. The van der Waals surface area contributed by atoms with Crippen molar-refractivity contribution in [2.45, 2.75) is 33.2 Å². The Kier molecular flexibility index (Phi) is 8.85. The van der Waals surface area contributed by atoms with Crippen molar-refractivity contribution in [2.75, 3.05) is 19.8 Å². The van der Waals surface area contributed by atoms with Crippen LogP contribution in [0.1, 0.15) is 42.6 Å². The Bertz CT molecular complexity index is 759. The number of rotatable bonds is 11. The Morgan fingerprint density at radius 3 is 2.43 bits per heavy atom. The second kappa shape index (κ2) is 11.6. The van der Waals surface area contributed by atoms with Crippen LogP contribution >= 0.6 is 0 Å². The van der Waals surface area contributed by atoms with Crippen molar-refractivity contribution < 1.29 is 19.1 Å². The van der Waals surface area contributed by atoms with E-state index < -0.39 is 0 Å². The zero-order chi connectivity index (χ0) is 20.2. The van der Waals surface area contributed by atoms with Gasteiger partial charge in [0, 0.05) is 12.1 Å². The average molecular weight is 384 g/mol. The van der Waals surface area contributed by atoms with Gasteiger partial charge in [-0.1, -0.05) is 25.5 Å². The number of carbonyl (C=O) groups excluding carboxylic acids is 2. The lowest BCUT2D eigenvalue weighted by Crippen LogP contribution is -2.36. The highest BCUT2D eigenvalue weighted by molar-refractivity contribution is 5.96. The van der Waals surface area contributed by atoms with Gasteiger partial charge in [-0.15, -0.1) is 0 Å². The molecule has 28 heavy (non-hydrogen) atoms. The van der Waals surface area contributed by atoms with Gasteiger partial charge < -0.3 is 20.1 Å². The van der Waals surface area contributed by atoms with E-state index in [0.29, 0.717) is 31.1 Å². The first-order valence-electron chi connectivity index (χ1n) is 9.62. The molecule has 0 bridgehead atoms. The SMILES string of the molecule is CCCCOc1cccc(CNC(=O)CNC(=O)c2ccc(OCC)cc2)c1. The highest BCUT2D eigenvalue weighted by Crippen LogP contribution is 2.14. The maximum atomic E-state index is 12.1. The summed E-state index contributed by atoms with van der Waals surface area (Å²) in [5.41, 5.74) is 1.42. The zero-order valence-electron chi connectivity index (χ0n) is 16.5. The van der Waals surface area contributed by atoms with Crippen molar-refractivity contribution >= 4 is 11.8 Å². The zero-order valence-corrected chi connectivity index (χ0v) is 16.5. The molecule has 2 aromatic rings. The van der Waals surface area contributed by atoms with Crippen LogP contribution in [0.5, 0.6) is 11.5 Å². The summed E-state index contributed by atoms with van der Waals surface area (Å²) in [7, 11) is 0. The molecular weight excluding hydrogens is 356 g/mol. The molecule has 6 nitrogen and oxygen atoms in total. The molecule has 2 aromatic carbocycles. The van der Waals surface area contributed by atoms with E-state index >= 15 is 0 Å². The summed E-state index contributed by atoms with van der Waals surface area (Å²) in [4.78, 5) is 24.1. The monoisotopic (exact) mass is 384 g/mol. The third-order valence-electron chi connectivity index (χ3n) is 3.99. The normalized spacial score (nSPS) is 10.2. The number of benzene rings is 2. The number of amides is 2. The summed E-state index contributed by atoms with van der Waals surface area (Å²) in [5.74, 6) is 0.947. The molecule has 2 amide bonds. The summed E-state index contributed by atoms with van der Waals surface area (Å²) >= 11 is 0. The lowest BCUT2D eigenvalue weighted by molar-refractivity contribution is -0.120. The Balaban J connectivity index is 1.75. The maximum absolute atomic E-state index is 12.1. The standard InChI is InChI=1S/C22H28N2O4/c1-3-5-13-28-20-8-6-7-17(14-20)15-23-21(25)16-24-22(26)18-9-11-19(12-10-18)27-4-2/h6-12,14H,3-5,13,15-16H2,1-2H3,(H,23,25)(H,24,26). The average Bonchev–Trinajstić information content (AvgIpc) is 2.72. The maximum Gasteiger partial charge on any atom is 0.251 e. The van der Waals surface area contributed by atoms with Crippen molar-refractivity contribution in [1.29, 1.82) is 0 Å². The van der Waals surface area contributed by atoms with Gasteiger partial charge in [0.1, 0.15) is 11.5 Å². The number of carbonyl (C=O) groups is 2. The lowest BCUT2D eigenvalue weighted by atomic mass is 10.2. The molecule has 0 radical (unpaired) electrons. The summed E-state index contributed by atoms with van der Waals surface area (Å²) in [6.07, 6.45) is 2.09. The van der Waals surface area contributed by atoms with E-state index in [2.05, 4.69) is 17.6 Å². The van der Waals surface area contributed by atoms with Crippen LogP contribution < -0.4 is 20.1 Å². The van der Waals surface area contributed by atoms with Crippen molar-refractivity contribution in [3.8, 4) is 11.5 Å². The smallest absolute Gasteiger partial charge is 0.251 e.